The van der Waals surface area contributed by atoms with Gasteiger partial charge in [0.2, 0.25) is 0 Å². The number of nitrogens with one attached hydrogen (secondary N) is 1. The van der Waals surface area contributed by atoms with Crippen molar-refractivity contribution in [3.05, 3.63) is 59.9 Å². The Morgan fingerprint density at radius 3 is 2.43 bits per heavy atom. The van der Waals surface area contributed by atoms with Crippen molar-refractivity contribution in [3.63, 3.8) is 0 Å². The average molecular weight is 498 g/mol. The molecule has 1 fully saturated rings. The van der Waals surface area contributed by atoms with Crippen LogP contribution in [0.25, 0.3) is 0 Å². The standard InChI is InChI=1S/C21H27FN4O.HI/c1-2-23-21(24-12-11-17-7-3-4-8-18(17)22)26-15-13-25(14-16-26)19-9-5-6-10-20(19)27;/h3-10,27H,2,11-16H2,1H3,(H,23,24);1H. The van der Waals surface area contributed by atoms with Gasteiger partial charge in [-0.3, -0.25) is 4.99 Å². The van der Waals surface area contributed by atoms with Crippen LogP contribution >= 0.6 is 24.0 Å². The van der Waals surface area contributed by atoms with Gasteiger partial charge in [0.1, 0.15) is 11.6 Å². The number of nitrogens with zero attached hydrogens (tertiary/aromatic N) is 3. The minimum absolute atomic E-state index is 0. The van der Waals surface area contributed by atoms with E-state index >= 15 is 0 Å². The summed E-state index contributed by atoms with van der Waals surface area (Å²) in [6.07, 6.45) is 0.583. The molecule has 152 valence electrons. The molecule has 5 nitrogen and oxygen atoms in total. The van der Waals surface area contributed by atoms with Crippen LogP contribution in [0.3, 0.4) is 0 Å². The molecule has 1 aliphatic heterocycles. The summed E-state index contributed by atoms with van der Waals surface area (Å²) in [4.78, 5) is 9.10. The molecule has 2 aromatic carbocycles. The highest BCUT2D eigenvalue weighted by atomic mass is 127. The zero-order chi connectivity index (χ0) is 19.1. The number of halogens is 2. The Morgan fingerprint density at radius 2 is 1.75 bits per heavy atom. The van der Waals surface area contributed by atoms with Crippen LogP contribution in [0.4, 0.5) is 10.1 Å². The third kappa shape index (κ3) is 5.73. The number of phenolic OH excluding ortho intramolecular Hbond substituents is 1. The van der Waals surface area contributed by atoms with E-state index in [1.807, 2.05) is 37.3 Å². The van der Waals surface area contributed by atoms with Gasteiger partial charge >= 0.3 is 0 Å². The Kier molecular flexibility index (Phi) is 8.82. The number of rotatable bonds is 5. The van der Waals surface area contributed by atoms with Gasteiger partial charge < -0.3 is 20.2 Å². The van der Waals surface area contributed by atoms with Gasteiger partial charge in [0.05, 0.1) is 5.69 Å². The van der Waals surface area contributed by atoms with Crippen LogP contribution in [0.1, 0.15) is 12.5 Å². The van der Waals surface area contributed by atoms with Crippen molar-refractivity contribution in [1.29, 1.82) is 0 Å². The molecule has 1 aliphatic rings. The first-order valence-corrected chi connectivity index (χ1v) is 9.48. The van der Waals surface area contributed by atoms with Gasteiger partial charge in [-0.2, -0.15) is 0 Å². The zero-order valence-electron chi connectivity index (χ0n) is 16.1. The first kappa shape index (κ1) is 22.3. The number of hydrogen-bond acceptors (Lipinski definition) is 3. The first-order chi connectivity index (χ1) is 13.2. The van der Waals surface area contributed by atoms with Gasteiger partial charge in [-0.15, -0.1) is 24.0 Å². The summed E-state index contributed by atoms with van der Waals surface area (Å²) in [5, 5.41) is 13.4. The maximum atomic E-state index is 13.8. The number of piperazine rings is 1. The van der Waals surface area contributed by atoms with E-state index in [9.17, 15) is 9.50 Å². The van der Waals surface area contributed by atoms with Crippen LogP contribution in [0.5, 0.6) is 5.75 Å². The number of hydrogen-bond donors (Lipinski definition) is 2. The highest BCUT2D eigenvalue weighted by molar-refractivity contribution is 14.0. The lowest BCUT2D eigenvalue weighted by atomic mass is 10.1. The second-order valence-electron chi connectivity index (χ2n) is 6.54. The predicted octanol–water partition coefficient (Wildman–Crippen LogP) is 3.48. The summed E-state index contributed by atoms with van der Waals surface area (Å²) in [6, 6.07) is 14.3. The summed E-state index contributed by atoms with van der Waals surface area (Å²) in [6.45, 7) is 6.65. The number of anilines is 1. The van der Waals surface area contributed by atoms with E-state index in [1.54, 1.807) is 12.1 Å². The van der Waals surface area contributed by atoms with Gasteiger partial charge in [0.15, 0.2) is 5.96 Å². The van der Waals surface area contributed by atoms with E-state index < -0.39 is 0 Å². The van der Waals surface area contributed by atoms with Crippen molar-refractivity contribution < 1.29 is 9.50 Å². The number of benzene rings is 2. The van der Waals surface area contributed by atoms with Crippen molar-refractivity contribution in [1.82, 2.24) is 10.2 Å². The molecule has 0 unspecified atom stereocenters. The van der Waals surface area contributed by atoms with E-state index in [0.717, 1.165) is 44.4 Å². The quantitative estimate of drug-likeness (QED) is 0.377. The molecule has 3 rings (SSSR count). The van der Waals surface area contributed by atoms with Gasteiger partial charge in [-0.25, -0.2) is 4.39 Å². The van der Waals surface area contributed by atoms with Gasteiger partial charge in [0, 0.05) is 39.3 Å². The minimum atomic E-state index is -0.172. The molecular weight excluding hydrogens is 470 g/mol. The second-order valence-corrected chi connectivity index (χ2v) is 6.54. The summed E-state index contributed by atoms with van der Waals surface area (Å²) >= 11 is 0. The molecule has 0 amide bonds. The van der Waals surface area contributed by atoms with Gasteiger partial charge in [0.25, 0.3) is 0 Å². The molecule has 0 atom stereocenters. The molecule has 1 heterocycles. The molecule has 0 saturated carbocycles. The third-order valence-corrected chi connectivity index (χ3v) is 4.74. The molecule has 0 radical (unpaired) electrons. The lowest BCUT2D eigenvalue weighted by Crippen LogP contribution is -2.52. The Balaban J connectivity index is 0.00000280. The Morgan fingerprint density at radius 1 is 1.07 bits per heavy atom. The fourth-order valence-corrected chi connectivity index (χ4v) is 3.30. The van der Waals surface area contributed by atoms with E-state index in [1.165, 1.54) is 6.07 Å². The molecule has 0 aliphatic carbocycles. The smallest absolute Gasteiger partial charge is 0.194 e. The van der Waals surface area contributed by atoms with E-state index in [-0.39, 0.29) is 29.8 Å². The molecule has 2 aromatic rings. The van der Waals surface area contributed by atoms with Crippen LogP contribution in [0, 0.1) is 5.82 Å². The minimum Gasteiger partial charge on any atom is -0.506 e. The van der Waals surface area contributed by atoms with Crippen molar-refractivity contribution >= 4 is 35.6 Å². The summed E-state index contributed by atoms with van der Waals surface area (Å²) < 4.78 is 13.8. The molecule has 28 heavy (non-hydrogen) atoms. The highest BCUT2D eigenvalue weighted by Crippen LogP contribution is 2.27. The van der Waals surface area contributed by atoms with Crippen LogP contribution in [-0.4, -0.2) is 55.2 Å². The van der Waals surface area contributed by atoms with Gasteiger partial charge in [-0.05, 0) is 37.1 Å². The van der Waals surface area contributed by atoms with E-state index in [4.69, 9.17) is 0 Å². The molecular formula is C21H28FIN4O. The van der Waals surface area contributed by atoms with E-state index in [2.05, 4.69) is 20.1 Å². The molecule has 1 saturated heterocycles. The van der Waals surface area contributed by atoms with Crippen LogP contribution in [-0.2, 0) is 6.42 Å². The van der Waals surface area contributed by atoms with Crippen LogP contribution in [0.15, 0.2) is 53.5 Å². The average Bonchev–Trinajstić information content (AvgIpc) is 2.69. The van der Waals surface area contributed by atoms with Crippen molar-refractivity contribution in [2.24, 2.45) is 4.99 Å². The van der Waals surface area contributed by atoms with Crippen molar-refractivity contribution in [2.45, 2.75) is 13.3 Å². The van der Waals surface area contributed by atoms with Crippen LogP contribution in [0.2, 0.25) is 0 Å². The predicted molar refractivity (Wildman–Crippen MR) is 123 cm³/mol. The zero-order valence-corrected chi connectivity index (χ0v) is 18.5. The highest BCUT2D eigenvalue weighted by Gasteiger charge is 2.21. The molecule has 7 heteroatoms. The number of guanidine groups is 1. The lowest BCUT2D eigenvalue weighted by Gasteiger charge is -2.37. The maximum Gasteiger partial charge on any atom is 0.194 e. The number of para-hydroxylation sites is 2. The monoisotopic (exact) mass is 498 g/mol. The van der Waals surface area contributed by atoms with E-state index in [0.29, 0.717) is 24.3 Å². The fraction of sp³-hybridized carbons (Fsp3) is 0.381. The Labute approximate surface area is 183 Å². The Bertz CT molecular complexity index is 779. The van der Waals surface area contributed by atoms with Gasteiger partial charge in [-0.1, -0.05) is 30.3 Å². The lowest BCUT2D eigenvalue weighted by molar-refractivity contribution is 0.370. The van der Waals surface area contributed by atoms with Crippen molar-refractivity contribution in [3.8, 4) is 5.75 Å². The molecule has 0 bridgehead atoms. The maximum absolute atomic E-state index is 13.8. The number of aromatic hydroxyl groups is 1. The number of aliphatic imine (C=N–C) groups is 1. The molecule has 0 aromatic heterocycles. The third-order valence-electron chi connectivity index (χ3n) is 4.74. The normalized spacial score (nSPS) is 14.6. The fourth-order valence-electron chi connectivity index (χ4n) is 3.30. The summed E-state index contributed by atoms with van der Waals surface area (Å²) in [5.74, 6) is 1.01. The van der Waals surface area contributed by atoms with Crippen LogP contribution < -0.4 is 10.2 Å². The second kappa shape index (κ2) is 11.1. The summed E-state index contributed by atoms with van der Waals surface area (Å²) in [5.41, 5.74) is 1.57. The van der Waals surface area contributed by atoms with Crippen molar-refractivity contribution in [2.75, 3.05) is 44.2 Å². The largest absolute Gasteiger partial charge is 0.506 e. The molecule has 0 spiro atoms. The molecule has 2 N–H and O–H groups in total. The topological polar surface area (TPSA) is 51.1 Å². The Hall–Kier alpha value is -2.03. The summed E-state index contributed by atoms with van der Waals surface area (Å²) in [7, 11) is 0. The first-order valence-electron chi connectivity index (χ1n) is 9.48. The SMILES string of the molecule is CCNC(=NCCc1ccccc1F)N1CCN(c2ccccc2O)CC1.I. The number of phenols is 1.